The molecular formula is C24H28FNO3. The first kappa shape index (κ1) is 20.9. The van der Waals surface area contributed by atoms with Crippen LogP contribution in [-0.4, -0.2) is 28.7 Å². The summed E-state index contributed by atoms with van der Waals surface area (Å²) in [6.07, 6.45) is 2.18. The van der Waals surface area contributed by atoms with Crippen LogP contribution in [0.3, 0.4) is 0 Å². The largest absolute Gasteiger partial charge is 0.491 e. The van der Waals surface area contributed by atoms with Gasteiger partial charge in [-0.15, -0.1) is 0 Å². The van der Waals surface area contributed by atoms with E-state index in [4.69, 9.17) is 9.47 Å². The fourth-order valence-electron chi connectivity index (χ4n) is 3.43. The molecule has 0 spiro atoms. The van der Waals surface area contributed by atoms with Crippen molar-refractivity contribution < 1.29 is 18.7 Å². The SMILES string of the molecule is CC1C=C(OCc2cccc(F)c2)[C@H](Cc2ccccc2)N1C(=O)OC(C)(C)C. The van der Waals surface area contributed by atoms with Gasteiger partial charge in [0.25, 0.3) is 0 Å². The molecule has 0 fully saturated rings. The Bertz CT molecular complexity index is 873. The van der Waals surface area contributed by atoms with Gasteiger partial charge in [0.1, 0.15) is 23.8 Å². The maximum Gasteiger partial charge on any atom is 0.411 e. The molecule has 0 aromatic heterocycles. The normalized spacial score (nSPS) is 19.1. The molecule has 2 aromatic carbocycles. The average molecular weight is 397 g/mol. The highest BCUT2D eigenvalue weighted by Crippen LogP contribution is 2.30. The summed E-state index contributed by atoms with van der Waals surface area (Å²) in [6, 6.07) is 15.9. The number of amides is 1. The summed E-state index contributed by atoms with van der Waals surface area (Å²) in [5.74, 6) is 0.410. The van der Waals surface area contributed by atoms with Crippen molar-refractivity contribution in [3.8, 4) is 0 Å². The maximum absolute atomic E-state index is 13.5. The lowest BCUT2D eigenvalue weighted by Gasteiger charge is -2.32. The number of hydrogen-bond donors (Lipinski definition) is 0. The highest BCUT2D eigenvalue weighted by molar-refractivity contribution is 5.71. The molecular weight excluding hydrogens is 369 g/mol. The first-order chi connectivity index (χ1) is 13.7. The van der Waals surface area contributed by atoms with Crippen LogP contribution in [0.15, 0.2) is 66.4 Å². The molecule has 1 amide bonds. The van der Waals surface area contributed by atoms with Crippen LogP contribution in [0.4, 0.5) is 9.18 Å². The van der Waals surface area contributed by atoms with Crippen LogP contribution in [0.1, 0.15) is 38.8 Å². The zero-order chi connectivity index (χ0) is 21.0. The van der Waals surface area contributed by atoms with Crippen molar-refractivity contribution >= 4 is 6.09 Å². The Hall–Kier alpha value is -2.82. The van der Waals surface area contributed by atoms with Crippen LogP contribution in [0.2, 0.25) is 0 Å². The Morgan fingerprint density at radius 1 is 1.07 bits per heavy atom. The summed E-state index contributed by atoms with van der Waals surface area (Å²) in [6.45, 7) is 7.75. The van der Waals surface area contributed by atoms with E-state index in [2.05, 4.69) is 0 Å². The zero-order valence-electron chi connectivity index (χ0n) is 17.4. The summed E-state index contributed by atoms with van der Waals surface area (Å²) in [4.78, 5) is 14.6. The molecule has 0 aliphatic carbocycles. The number of carbonyl (C=O) groups excluding carboxylic acids is 1. The highest BCUT2D eigenvalue weighted by Gasteiger charge is 2.39. The van der Waals surface area contributed by atoms with Crippen molar-refractivity contribution in [3.05, 3.63) is 83.4 Å². The van der Waals surface area contributed by atoms with Crippen molar-refractivity contribution in [2.75, 3.05) is 0 Å². The van der Waals surface area contributed by atoms with E-state index in [1.165, 1.54) is 12.1 Å². The Morgan fingerprint density at radius 2 is 1.76 bits per heavy atom. The summed E-state index contributed by atoms with van der Waals surface area (Å²) in [7, 11) is 0. The van der Waals surface area contributed by atoms with E-state index in [0.717, 1.165) is 11.1 Å². The summed E-state index contributed by atoms with van der Waals surface area (Å²) < 4.78 is 25.2. The van der Waals surface area contributed by atoms with E-state index in [1.54, 1.807) is 11.0 Å². The van der Waals surface area contributed by atoms with E-state index in [0.29, 0.717) is 12.2 Å². The second-order valence-electron chi connectivity index (χ2n) is 8.32. The van der Waals surface area contributed by atoms with E-state index >= 15 is 0 Å². The van der Waals surface area contributed by atoms with Gasteiger partial charge in [-0.1, -0.05) is 42.5 Å². The molecule has 0 N–H and O–H groups in total. The number of hydrogen-bond acceptors (Lipinski definition) is 3. The number of carbonyl (C=O) groups is 1. The molecule has 2 atom stereocenters. The van der Waals surface area contributed by atoms with Gasteiger partial charge < -0.3 is 9.47 Å². The molecule has 29 heavy (non-hydrogen) atoms. The molecule has 3 rings (SSSR count). The van der Waals surface area contributed by atoms with E-state index in [-0.39, 0.29) is 30.6 Å². The predicted octanol–water partition coefficient (Wildman–Crippen LogP) is 5.48. The first-order valence-electron chi connectivity index (χ1n) is 9.87. The molecule has 1 aliphatic heterocycles. The van der Waals surface area contributed by atoms with Gasteiger partial charge in [0, 0.05) is 6.42 Å². The number of rotatable bonds is 5. The van der Waals surface area contributed by atoms with Crippen molar-refractivity contribution in [3.63, 3.8) is 0 Å². The van der Waals surface area contributed by atoms with Gasteiger partial charge in [0.2, 0.25) is 0 Å². The molecule has 1 unspecified atom stereocenters. The lowest BCUT2D eigenvalue weighted by molar-refractivity contribution is 0.0132. The third-order valence-electron chi connectivity index (χ3n) is 4.68. The molecule has 4 nitrogen and oxygen atoms in total. The fraction of sp³-hybridized carbons (Fsp3) is 0.375. The van der Waals surface area contributed by atoms with Crippen molar-refractivity contribution in [1.29, 1.82) is 0 Å². The van der Waals surface area contributed by atoms with Crippen molar-refractivity contribution in [2.45, 2.75) is 58.4 Å². The smallest absolute Gasteiger partial charge is 0.411 e. The zero-order valence-corrected chi connectivity index (χ0v) is 17.4. The van der Waals surface area contributed by atoms with Gasteiger partial charge in [-0.05, 0) is 57.0 Å². The summed E-state index contributed by atoms with van der Waals surface area (Å²) in [5.41, 5.74) is 1.26. The Morgan fingerprint density at radius 3 is 2.41 bits per heavy atom. The van der Waals surface area contributed by atoms with Gasteiger partial charge in [-0.25, -0.2) is 9.18 Å². The van der Waals surface area contributed by atoms with E-state index in [9.17, 15) is 9.18 Å². The lowest BCUT2D eigenvalue weighted by Crippen LogP contribution is -2.45. The molecule has 0 saturated heterocycles. The van der Waals surface area contributed by atoms with Crippen molar-refractivity contribution in [1.82, 2.24) is 4.90 Å². The Labute approximate surface area is 171 Å². The monoisotopic (exact) mass is 397 g/mol. The van der Waals surface area contributed by atoms with E-state index < -0.39 is 5.60 Å². The Kier molecular flexibility index (Phi) is 6.26. The minimum Gasteiger partial charge on any atom is -0.491 e. The van der Waals surface area contributed by atoms with Crippen LogP contribution in [-0.2, 0) is 22.5 Å². The third-order valence-corrected chi connectivity index (χ3v) is 4.68. The quantitative estimate of drug-likeness (QED) is 0.671. The van der Waals surface area contributed by atoms with Gasteiger partial charge in [0.15, 0.2) is 0 Å². The number of ether oxygens (including phenoxy) is 2. The second-order valence-corrected chi connectivity index (χ2v) is 8.32. The Balaban J connectivity index is 1.81. The topological polar surface area (TPSA) is 38.8 Å². The van der Waals surface area contributed by atoms with Gasteiger partial charge in [-0.3, -0.25) is 4.90 Å². The van der Waals surface area contributed by atoms with Crippen LogP contribution in [0.5, 0.6) is 0 Å². The van der Waals surface area contributed by atoms with Crippen LogP contribution in [0.25, 0.3) is 0 Å². The molecule has 0 bridgehead atoms. The predicted molar refractivity (Wildman–Crippen MR) is 111 cm³/mol. The standard InChI is InChI=1S/C24H28FNO3/c1-17-13-22(28-16-19-11-8-12-20(25)14-19)21(15-18-9-6-5-7-10-18)26(17)23(27)29-24(2,3)4/h5-14,17,21H,15-16H2,1-4H3/t17?,21-/m0/s1. The highest BCUT2D eigenvalue weighted by atomic mass is 19.1. The van der Waals surface area contributed by atoms with Crippen LogP contribution < -0.4 is 0 Å². The third kappa shape index (κ3) is 5.59. The minimum absolute atomic E-state index is 0.166. The maximum atomic E-state index is 13.5. The number of nitrogens with zero attached hydrogens (tertiary/aromatic N) is 1. The van der Waals surface area contributed by atoms with Gasteiger partial charge >= 0.3 is 6.09 Å². The molecule has 5 heteroatoms. The summed E-state index contributed by atoms with van der Waals surface area (Å²) >= 11 is 0. The minimum atomic E-state index is -0.584. The first-order valence-corrected chi connectivity index (χ1v) is 9.87. The summed E-state index contributed by atoms with van der Waals surface area (Å²) in [5, 5.41) is 0. The second kappa shape index (κ2) is 8.68. The van der Waals surface area contributed by atoms with Crippen molar-refractivity contribution in [2.24, 2.45) is 0 Å². The molecule has 154 valence electrons. The van der Waals surface area contributed by atoms with Crippen LogP contribution in [0, 0.1) is 5.82 Å². The van der Waals surface area contributed by atoms with E-state index in [1.807, 2.05) is 70.2 Å². The lowest BCUT2D eigenvalue weighted by atomic mass is 10.0. The average Bonchev–Trinajstić information content (AvgIpc) is 2.95. The fourth-order valence-corrected chi connectivity index (χ4v) is 3.43. The molecule has 1 aliphatic rings. The van der Waals surface area contributed by atoms with Crippen LogP contribution >= 0.6 is 0 Å². The molecule has 2 aromatic rings. The molecule has 0 radical (unpaired) electrons. The van der Waals surface area contributed by atoms with Gasteiger partial charge in [0.05, 0.1) is 12.1 Å². The number of halogens is 1. The van der Waals surface area contributed by atoms with Gasteiger partial charge in [-0.2, -0.15) is 0 Å². The number of benzene rings is 2. The molecule has 0 saturated carbocycles. The molecule has 1 heterocycles.